The number of fused-ring (bicyclic) bond motifs is 1. The van der Waals surface area contributed by atoms with Crippen molar-refractivity contribution in [1.29, 1.82) is 0 Å². The van der Waals surface area contributed by atoms with Crippen molar-refractivity contribution in [3.63, 3.8) is 0 Å². The van der Waals surface area contributed by atoms with Gasteiger partial charge in [-0.2, -0.15) is 0 Å². The second-order valence-electron chi connectivity index (χ2n) is 10.1. The van der Waals surface area contributed by atoms with E-state index in [0.717, 1.165) is 53.5 Å². The predicted octanol–water partition coefficient (Wildman–Crippen LogP) is 5.98. The van der Waals surface area contributed by atoms with Crippen LogP contribution >= 0.6 is 11.6 Å². The molecule has 0 bridgehead atoms. The summed E-state index contributed by atoms with van der Waals surface area (Å²) >= 11 is 6.18. The number of H-pyrrole nitrogens is 1. The number of pyridine rings is 1. The summed E-state index contributed by atoms with van der Waals surface area (Å²) in [6, 6.07) is 19.3. The Morgan fingerprint density at radius 1 is 1.11 bits per heavy atom. The third-order valence-corrected chi connectivity index (χ3v) is 7.61. The molecule has 0 spiro atoms. The van der Waals surface area contributed by atoms with Crippen LogP contribution in [0.25, 0.3) is 10.9 Å². The maximum absolute atomic E-state index is 13.7. The van der Waals surface area contributed by atoms with Crippen molar-refractivity contribution in [2.45, 2.75) is 57.8 Å². The average Bonchev–Trinajstić information content (AvgIpc) is 3.69. The Morgan fingerprint density at radius 2 is 1.92 bits per heavy atom. The van der Waals surface area contributed by atoms with Gasteiger partial charge in [0.25, 0.3) is 5.56 Å². The summed E-state index contributed by atoms with van der Waals surface area (Å²) in [5.74, 6) is 1.45. The molecule has 9 heteroatoms. The van der Waals surface area contributed by atoms with Crippen molar-refractivity contribution >= 4 is 22.5 Å². The van der Waals surface area contributed by atoms with Crippen LogP contribution in [0.1, 0.15) is 66.0 Å². The quantitative estimate of drug-likeness (QED) is 0.266. The number of nitrogens with zero attached hydrogens (tertiary/aromatic N) is 5. The molecular weight excluding hydrogens is 500 g/mol. The lowest BCUT2D eigenvalue weighted by molar-refractivity contribution is 0.176. The van der Waals surface area contributed by atoms with E-state index < -0.39 is 6.04 Å². The summed E-state index contributed by atoms with van der Waals surface area (Å²) in [5, 5.41) is 14.7. The Labute approximate surface area is 225 Å². The standard InChI is InChI=1S/C29H29ClN6O2/c1-19-8-11-21-16-25(29(37)31-26(21)15-19)27(28-32-33-34-36(28)23-5-2-3-6-23)35(18-24-7-4-14-38-24)17-20-9-12-22(30)13-10-20/h4,7-16,23,27H,2-3,5-6,17-18H2,1H3,(H,31,37)/t27-/m0/s1. The molecule has 0 radical (unpaired) electrons. The molecule has 8 nitrogen and oxygen atoms in total. The van der Waals surface area contributed by atoms with Crippen molar-refractivity contribution in [3.05, 3.63) is 111 Å². The summed E-state index contributed by atoms with van der Waals surface area (Å²) < 4.78 is 7.70. The molecule has 1 N–H and O–H groups in total. The van der Waals surface area contributed by atoms with Crippen LogP contribution in [0.2, 0.25) is 5.02 Å². The van der Waals surface area contributed by atoms with Crippen molar-refractivity contribution < 1.29 is 4.42 Å². The largest absolute Gasteiger partial charge is 0.468 e. The first kappa shape index (κ1) is 24.6. The molecule has 1 atom stereocenters. The molecule has 38 heavy (non-hydrogen) atoms. The Balaban J connectivity index is 1.52. The first-order valence-corrected chi connectivity index (χ1v) is 13.4. The van der Waals surface area contributed by atoms with Gasteiger partial charge in [0, 0.05) is 22.6 Å². The lowest BCUT2D eigenvalue weighted by Crippen LogP contribution is -2.35. The van der Waals surface area contributed by atoms with Crippen LogP contribution in [0.4, 0.5) is 0 Å². The molecule has 1 fully saturated rings. The van der Waals surface area contributed by atoms with Crippen molar-refractivity contribution in [2.75, 3.05) is 0 Å². The molecule has 5 aromatic rings. The Kier molecular flexibility index (Phi) is 6.82. The topological polar surface area (TPSA) is 92.8 Å². The van der Waals surface area contributed by atoms with Crippen LogP contribution in [0, 0.1) is 6.92 Å². The number of halogens is 1. The minimum absolute atomic E-state index is 0.158. The van der Waals surface area contributed by atoms with Gasteiger partial charge in [-0.25, -0.2) is 4.68 Å². The van der Waals surface area contributed by atoms with E-state index in [-0.39, 0.29) is 11.6 Å². The fourth-order valence-corrected chi connectivity index (χ4v) is 5.61. The summed E-state index contributed by atoms with van der Waals surface area (Å²) in [6.07, 6.45) is 6.00. The zero-order chi connectivity index (χ0) is 26.1. The Hall–Kier alpha value is -3.75. The van der Waals surface area contributed by atoms with E-state index in [1.54, 1.807) is 6.26 Å². The second-order valence-corrected chi connectivity index (χ2v) is 10.5. The number of nitrogens with one attached hydrogen (secondary N) is 1. The normalized spacial score (nSPS) is 15.0. The highest BCUT2D eigenvalue weighted by molar-refractivity contribution is 6.30. The van der Waals surface area contributed by atoms with Crippen LogP contribution in [0.15, 0.2) is 76.1 Å². The number of aromatic amines is 1. The molecule has 0 unspecified atom stereocenters. The minimum atomic E-state index is -0.513. The molecule has 0 aliphatic heterocycles. The molecule has 3 heterocycles. The summed E-state index contributed by atoms with van der Waals surface area (Å²) in [5.41, 5.74) is 3.39. The van der Waals surface area contributed by atoms with Gasteiger partial charge in [0.05, 0.1) is 18.8 Å². The van der Waals surface area contributed by atoms with E-state index in [2.05, 4.69) is 31.5 Å². The number of hydrogen-bond acceptors (Lipinski definition) is 6. The van der Waals surface area contributed by atoms with Crippen molar-refractivity contribution in [1.82, 2.24) is 30.1 Å². The molecular formula is C29H29ClN6O2. The molecule has 1 aliphatic carbocycles. The van der Waals surface area contributed by atoms with Crippen LogP contribution in [0.3, 0.4) is 0 Å². The van der Waals surface area contributed by atoms with Crippen molar-refractivity contribution in [2.24, 2.45) is 0 Å². The lowest BCUT2D eigenvalue weighted by Gasteiger charge is -2.31. The fraction of sp³-hybridized carbons (Fsp3) is 0.310. The first-order valence-electron chi connectivity index (χ1n) is 13.0. The maximum atomic E-state index is 13.7. The van der Waals surface area contributed by atoms with E-state index in [4.69, 9.17) is 16.0 Å². The van der Waals surface area contributed by atoms with Gasteiger partial charge < -0.3 is 9.40 Å². The van der Waals surface area contributed by atoms with E-state index >= 15 is 0 Å². The summed E-state index contributed by atoms with van der Waals surface area (Å²) in [4.78, 5) is 19.0. The zero-order valence-electron chi connectivity index (χ0n) is 21.2. The monoisotopic (exact) mass is 528 g/mol. The highest BCUT2D eigenvalue weighted by Gasteiger charge is 2.33. The number of tetrazole rings is 1. The molecule has 0 saturated heterocycles. The zero-order valence-corrected chi connectivity index (χ0v) is 21.9. The number of aryl methyl sites for hydroxylation is 1. The Bertz CT molecular complexity index is 1590. The minimum Gasteiger partial charge on any atom is -0.468 e. The Morgan fingerprint density at radius 3 is 2.68 bits per heavy atom. The predicted molar refractivity (Wildman–Crippen MR) is 146 cm³/mol. The molecule has 1 aliphatic rings. The molecule has 1 saturated carbocycles. The van der Waals surface area contributed by atoms with Crippen LogP contribution in [-0.4, -0.2) is 30.1 Å². The smallest absolute Gasteiger partial charge is 0.253 e. The van der Waals surface area contributed by atoms with Gasteiger partial charge in [-0.1, -0.05) is 48.7 Å². The van der Waals surface area contributed by atoms with E-state index in [0.29, 0.717) is 29.5 Å². The van der Waals surface area contributed by atoms with Gasteiger partial charge in [-0.05, 0) is 83.1 Å². The molecule has 194 valence electrons. The van der Waals surface area contributed by atoms with E-state index in [1.807, 2.05) is 66.2 Å². The van der Waals surface area contributed by atoms with Crippen LogP contribution in [-0.2, 0) is 13.1 Å². The average molecular weight is 529 g/mol. The third kappa shape index (κ3) is 5.01. The van der Waals surface area contributed by atoms with Crippen molar-refractivity contribution in [3.8, 4) is 0 Å². The van der Waals surface area contributed by atoms with Gasteiger partial charge in [-0.3, -0.25) is 9.69 Å². The highest BCUT2D eigenvalue weighted by atomic mass is 35.5. The van der Waals surface area contributed by atoms with Gasteiger partial charge in [0.2, 0.25) is 0 Å². The van der Waals surface area contributed by atoms with Gasteiger partial charge in [0.15, 0.2) is 5.82 Å². The summed E-state index contributed by atoms with van der Waals surface area (Å²) in [6.45, 7) is 3.01. The van der Waals surface area contributed by atoms with Crippen LogP contribution in [0.5, 0.6) is 0 Å². The van der Waals surface area contributed by atoms with Gasteiger partial charge >= 0.3 is 0 Å². The van der Waals surface area contributed by atoms with Gasteiger partial charge in [0.1, 0.15) is 11.8 Å². The number of hydrogen-bond donors (Lipinski definition) is 1. The van der Waals surface area contributed by atoms with E-state index in [9.17, 15) is 4.79 Å². The molecule has 0 amide bonds. The SMILES string of the molecule is Cc1ccc2cc([C@@H](c3nnnn3C3CCCC3)N(Cc3ccc(Cl)cc3)Cc3ccco3)c(=O)[nH]c2c1. The molecule has 3 aromatic heterocycles. The second kappa shape index (κ2) is 10.6. The number of rotatable bonds is 8. The number of benzene rings is 2. The third-order valence-electron chi connectivity index (χ3n) is 7.36. The fourth-order valence-electron chi connectivity index (χ4n) is 5.49. The molecule has 2 aromatic carbocycles. The number of furan rings is 1. The number of aromatic nitrogens is 5. The highest BCUT2D eigenvalue weighted by Crippen LogP contribution is 2.35. The maximum Gasteiger partial charge on any atom is 0.253 e. The first-order chi connectivity index (χ1) is 18.5. The summed E-state index contributed by atoms with van der Waals surface area (Å²) in [7, 11) is 0. The van der Waals surface area contributed by atoms with E-state index in [1.165, 1.54) is 0 Å². The molecule has 6 rings (SSSR count). The van der Waals surface area contributed by atoms with Gasteiger partial charge in [-0.15, -0.1) is 5.10 Å². The van der Waals surface area contributed by atoms with Crippen LogP contribution < -0.4 is 5.56 Å². The lowest BCUT2D eigenvalue weighted by atomic mass is 10.0.